The van der Waals surface area contributed by atoms with Gasteiger partial charge >= 0.3 is 565 Å². The summed E-state index contributed by atoms with van der Waals surface area (Å²) >= 11 is 0. The van der Waals surface area contributed by atoms with E-state index in [1.165, 1.54) is 0 Å². The number of rotatable bonds is 0. The predicted molar refractivity (Wildman–Crippen MR) is 199 cm³/mol. The summed E-state index contributed by atoms with van der Waals surface area (Å²) in [7, 11) is 0. The van der Waals surface area contributed by atoms with Crippen molar-refractivity contribution < 1.29 is 565 Å². The zero-order valence-electron chi connectivity index (χ0n) is 39.4. The second-order valence-electron chi connectivity index (χ2n) is 0. The third-order valence-corrected chi connectivity index (χ3v) is 0. The summed E-state index contributed by atoms with van der Waals surface area (Å²) in [4.78, 5) is 0. The molecule has 0 atom stereocenters. The normalized spacial score (nSPS) is 0. The van der Waals surface area contributed by atoms with Gasteiger partial charge in [-0.25, -0.2) is 0 Å². The second kappa shape index (κ2) is 697. The molecule has 0 aliphatic rings. The van der Waals surface area contributed by atoms with E-state index in [0.717, 1.165) is 0 Å². The fourth-order valence-electron chi connectivity index (χ4n) is 0. The largest absolute Gasteiger partial charge is 1.00 e. The van der Waals surface area contributed by atoms with Gasteiger partial charge in [0.25, 0.3) is 0 Å². The third-order valence-electron chi connectivity index (χ3n) is 0. The van der Waals surface area contributed by atoms with Gasteiger partial charge in [-0.3, -0.25) is 0 Å². The standard InChI is InChI=1S/22CH3.11K.11H2N/h22*1H3;;;;;;;;;;;;11*1H2/q22*-1;11*+1;11*-1. The van der Waals surface area contributed by atoms with E-state index in [9.17, 15) is 0 Å². The zero-order valence-corrected chi connectivity index (χ0v) is 73.7. The van der Waals surface area contributed by atoms with Gasteiger partial charge in [-0.1, -0.05) is 0 Å². The molecule has 0 rings (SSSR count). The Bertz CT molecular complexity index is 66.0. The van der Waals surface area contributed by atoms with Crippen molar-refractivity contribution in [3.05, 3.63) is 231 Å². The predicted octanol–water partition coefficient (Wildman–Crippen LogP) is -15.2. The molecule has 0 fully saturated rings. The first kappa shape index (κ1) is 732. The van der Waals surface area contributed by atoms with Crippen molar-refractivity contribution in [2.45, 2.75) is 0 Å². The van der Waals surface area contributed by atoms with Gasteiger partial charge in [0.15, 0.2) is 0 Å². The van der Waals surface area contributed by atoms with Gasteiger partial charge in [0.2, 0.25) is 0 Å². The number of hydrogen-bond acceptors (Lipinski definition) is 0. The van der Waals surface area contributed by atoms with Gasteiger partial charge in [0, 0.05) is 0 Å². The van der Waals surface area contributed by atoms with E-state index in [-0.39, 0.29) is 796 Å². The molecule has 22 N–H and O–H groups in total. The Morgan fingerprint density at radius 2 is 0.0682 bits per heavy atom. The minimum absolute atomic E-state index is 0. The molecule has 0 aromatic carbocycles. The quantitative estimate of drug-likeness (QED) is 0.161. The van der Waals surface area contributed by atoms with E-state index < -0.39 is 0 Å². The molecule has 0 aromatic rings. The minimum atomic E-state index is 0. The second-order valence-corrected chi connectivity index (χ2v) is 0. The van der Waals surface area contributed by atoms with Crippen LogP contribution in [-0.4, -0.2) is 0 Å². The first-order valence-electron chi connectivity index (χ1n) is 0. The molecular formula is C22H88K11N11-22. The summed E-state index contributed by atoms with van der Waals surface area (Å²) in [5, 5.41) is 0. The van der Waals surface area contributed by atoms with Crippen molar-refractivity contribution in [3.8, 4) is 0 Å². The molecule has 0 bridgehead atoms. The monoisotopic (exact) mass is 935 g/mol. The molecular weight excluding hydrogens is 848 g/mol. The van der Waals surface area contributed by atoms with E-state index >= 15 is 0 Å². The maximum atomic E-state index is 0. The van der Waals surface area contributed by atoms with Crippen LogP contribution in [0.5, 0.6) is 0 Å². The maximum absolute atomic E-state index is 0. The molecule has 264 valence electrons. The van der Waals surface area contributed by atoms with Gasteiger partial charge < -0.3 is 231 Å². The summed E-state index contributed by atoms with van der Waals surface area (Å²) < 4.78 is 0. The molecule has 0 saturated heterocycles. The molecule has 0 aromatic heterocycles. The van der Waals surface area contributed by atoms with Crippen molar-refractivity contribution in [1.82, 2.24) is 0 Å². The summed E-state index contributed by atoms with van der Waals surface area (Å²) in [5.41, 5.74) is 0. The van der Waals surface area contributed by atoms with Gasteiger partial charge in [-0.2, -0.15) is 0 Å². The van der Waals surface area contributed by atoms with Crippen LogP contribution in [0.2, 0.25) is 0 Å². The van der Waals surface area contributed by atoms with Crippen molar-refractivity contribution in [3.63, 3.8) is 0 Å². The molecule has 0 saturated carbocycles. The fraction of sp³-hybridized carbons (Fsp3) is 0. The minimum Gasteiger partial charge on any atom is -0.693 e. The van der Waals surface area contributed by atoms with E-state index in [1.807, 2.05) is 0 Å². The maximum Gasteiger partial charge on any atom is 1.00 e. The van der Waals surface area contributed by atoms with Crippen molar-refractivity contribution in [1.29, 1.82) is 0 Å². The molecule has 0 aliphatic carbocycles. The van der Waals surface area contributed by atoms with Crippen LogP contribution in [0, 0.1) is 163 Å². The van der Waals surface area contributed by atoms with Gasteiger partial charge in [0.05, 0.1) is 0 Å². The Kier molecular flexibility index (Phi) is 11600. The molecule has 11 nitrogen and oxygen atoms in total. The Balaban J connectivity index is 0. The van der Waals surface area contributed by atoms with Crippen LogP contribution in [0.15, 0.2) is 0 Å². The van der Waals surface area contributed by atoms with Crippen LogP contribution in [0.1, 0.15) is 0 Å². The van der Waals surface area contributed by atoms with Crippen LogP contribution in [0.3, 0.4) is 0 Å². The van der Waals surface area contributed by atoms with E-state index in [1.54, 1.807) is 0 Å². The van der Waals surface area contributed by atoms with Crippen LogP contribution >= 0.6 is 0 Å². The zero-order chi connectivity index (χ0) is 0. The first-order chi connectivity index (χ1) is 0. The van der Waals surface area contributed by atoms with Crippen LogP contribution < -0.4 is 565 Å². The molecule has 0 amide bonds. The smallest absolute Gasteiger partial charge is 0.693 e. The number of hydrogen-bond donors (Lipinski definition) is 0. The van der Waals surface area contributed by atoms with Gasteiger partial charge in [0.1, 0.15) is 0 Å². The Morgan fingerprint density at radius 1 is 0.0682 bits per heavy atom. The Morgan fingerprint density at radius 3 is 0.0682 bits per heavy atom. The summed E-state index contributed by atoms with van der Waals surface area (Å²) in [6, 6.07) is 0. The van der Waals surface area contributed by atoms with E-state index in [0.29, 0.717) is 0 Å². The summed E-state index contributed by atoms with van der Waals surface area (Å²) in [5.74, 6) is 0. The molecule has 0 spiro atoms. The van der Waals surface area contributed by atoms with Crippen LogP contribution in [-0.2, 0) is 0 Å². The van der Waals surface area contributed by atoms with Gasteiger partial charge in [-0.15, -0.1) is 0 Å². The molecule has 0 unspecified atom stereocenters. The summed E-state index contributed by atoms with van der Waals surface area (Å²) in [6.45, 7) is 0. The van der Waals surface area contributed by atoms with Crippen LogP contribution in [0.4, 0.5) is 0 Å². The van der Waals surface area contributed by atoms with Gasteiger partial charge in [-0.05, 0) is 0 Å². The fourth-order valence-corrected chi connectivity index (χ4v) is 0. The Labute approximate surface area is 769 Å². The molecule has 0 aliphatic heterocycles. The van der Waals surface area contributed by atoms with E-state index in [4.69, 9.17) is 0 Å². The van der Waals surface area contributed by atoms with Crippen LogP contribution in [0.25, 0.3) is 67.7 Å². The molecule has 22 heteroatoms. The molecule has 44 heavy (non-hydrogen) atoms. The average molecular weight is 937 g/mol. The molecule has 0 radical (unpaired) electrons. The van der Waals surface area contributed by atoms with Crippen molar-refractivity contribution in [2.24, 2.45) is 0 Å². The first-order valence-corrected chi connectivity index (χ1v) is 0. The molecule has 0 heterocycles. The van der Waals surface area contributed by atoms with Crippen molar-refractivity contribution >= 4 is 0 Å². The number of nitrogens with two attached hydrogens (primary N) is 11. The summed E-state index contributed by atoms with van der Waals surface area (Å²) in [6.07, 6.45) is 0. The SMILES string of the molecule is [CH3-].[CH3-].[CH3-].[CH3-].[CH3-].[CH3-].[CH3-].[CH3-].[CH3-].[CH3-].[CH3-].[CH3-].[CH3-].[CH3-].[CH3-].[CH3-].[CH3-].[CH3-].[CH3-].[CH3-].[CH3-].[CH3-].[K+].[K+].[K+].[K+].[K+].[K+].[K+].[K+].[K+].[K+].[K+].[NH2-].[NH2-].[NH2-].[NH2-].[NH2-].[NH2-].[NH2-].[NH2-].[NH2-].[NH2-].[NH2-]. The van der Waals surface area contributed by atoms with E-state index in [2.05, 4.69) is 0 Å². The average Bonchev–Trinajstić information content (AvgIpc) is 0. The topological polar surface area (TPSA) is 368 Å². The third kappa shape index (κ3) is 662. The Hall–Kier alpha value is 17.6. The van der Waals surface area contributed by atoms with Crippen molar-refractivity contribution in [2.75, 3.05) is 0 Å².